The van der Waals surface area contributed by atoms with Crippen LogP contribution < -0.4 is 10.6 Å². The summed E-state index contributed by atoms with van der Waals surface area (Å²) in [6.07, 6.45) is 5.72. The number of aromatic amines is 1. The highest BCUT2D eigenvalue weighted by Crippen LogP contribution is 2.41. The van der Waals surface area contributed by atoms with E-state index < -0.39 is 23.4 Å². The number of H-pyrrole nitrogens is 1. The number of methoxy groups -OCH3 is 1. The van der Waals surface area contributed by atoms with Crippen LogP contribution in [0.1, 0.15) is 52.7 Å². The number of ketones is 1. The van der Waals surface area contributed by atoms with Crippen molar-refractivity contribution in [2.24, 2.45) is 7.05 Å². The second-order valence-electron chi connectivity index (χ2n) is 11.9. The van der Waals surface area contributed by atoms with Crippen molar-refractivity contribution in [3.8, 4) is 17.2 Å². The molecule has 48 heavy (non-hydrogen) atoms. The van der Waals surface area contributed by atoms with Gasteiger partial charge in [-0.2, -0.15) is 18.4 Å². The number of hydrogen-bond donors (Lipinski definition) is 3. The average Bonchev–Trinajstić information content (AvgIpc) is 3.69. The molecule has 0 aliphatic heterocycles. The molecule has 5 aromatic rings. The van der Waals surface area contributed by atoms with E-state index in [2.05, 4.69) is 20.6 Å². The number of aryl methyl sites for hydroxylation is 1. The fourth-order valence-corrected chi connectivity index (χ4v) is 6.32. The third-order valence-electron chi connectivity index (χ3n) is 8.88. The van der Waals surface area contributed by atoms with Crippen molar-refractivity contribution in [3.63, 3.8) is 0 Å². The first kappa shape index (κ1) is 32.7. The van der Waals surface area contributed by atoms with Gasteiger partial charge in [-0.1, -0.05) is 24.3 Å². The number of rotatable bonds is 9. The zero-order chi connectivity index (χ0) is 34.0. The van der Waals surface area contributed by atoms with Crippen molar-refractivity contribution >= 4 is 39.3 Å². The number of alkyl halides is 3. The number of nitrogens with one attached hydrogen (secondary N) is 3. The lowest BCUT2D eigenvalue weighted by atomic mass is 9.93. The van der Waals surface area contributed by atoms with Gasteiger partial charge < -0.3 is 24.9 Å². The molecule has 9 nitrogen and oxygen atoms in total. The Kier molecular flexibility index (Phi) is 9.17. The Morgan fingerprint density at radius 1 is 1.12 bits per heavy atom. The van der Waals surface area contributed by atoms with Crippen LogP contribution in [0.4, 0.5) is 18.9 Å². The lowest BCUT2D eigenvalue weighted by molar-refractivity contribution is -0.137. The Morgan fingerprint density at radius 3 is 2.65 bits per heavy atom. The van der Waals surface area contributed by atoms with Crippen LogP contribution in [-0.2, 0) is 22.8 Å². The summed E-state index contributed by atoms with van der Waals surface area (Å²) in [5, 5.41) is 16.3. The van der Waals surface area contributed by atoms with Crippen LogP contribution in [0.3, 0.4) is 0 Å². The Bertz CT molecular complexity index is 2080. The van der Waals surface area contributed by atoms with Gasteiger partial charge in [0.1, 0.15) is 6.07 Å². The van der Waals surface area contributed by atoms with E-state index in [1.165, 1.54) is 47.4 Å². The summed E-state index contributed by atoms with van der Waals surface area (Å²) < 4.78 is 49.7. The maximum absolute atomic E-state index is 14.3. The van der Waals surface area contributed by atoms with Crippen molar-refractivity contribution in [1.29, 1.82) is 5.26 Å². The lowest BCUT2D eigenvalue weighted by Gasteiger charge is -2.27. The number of amides is 1. The Hall–Kier alpha value is -5.25. The van der Waals surface area contributed by atoms with E-state index in [-0.39, 0.29) is 33.5 Å². The number of para-hydroxylation sites is 1. The molecule has 2 heterocycles. The second kappa shape index (κ2) is 13.5. The van der Waals surface area contributed by atoms with E-state index >= 15 is 0 Å². The smallest absolute Gasteiger partial charge is 0.381 e. The summed E-state index contributed by atoms with van der Waals surface area (Å²) in [5.74, 6) is -0.851. The number of aromatic nitrogens is 3. The van der Waals surface area contributed by atoms with Crippen LogP contribution in [0, 0.1) is 11.3 Å². The molecule has 0 bridgehead atoms. The third kappa shape index (κ3) is 6.60. The molecule has 1 saturated carbocycles. The molecule has 0 radical (unpaired) electrons. The summed E-state index contributed by atoms with van der Waals surface area (Å²) in [7, 11) is 3.36. The minimum Gasteiger partial charge on any atom is -0.381 e. The van der Waals surface area contributed by atoms with Gasteiger partial charge in [0.15, 0.2) is 5.78 Å². The number of fused-ring (bicyclic) bond motifs is 2. The molecule has 1 aliphatic rings. The van der Waals surface area contributed by atoms with E-state index in [1.54, 1.807) is 38.4 Å². The van der Waals surface area contributed by atoms with Gasteiger partial charge in [-0.05, 0) is 61.6 Å². The van der Waals surface area contributed by atoms with Crippen molar-refractivity contribution in [2.45, 2.75) is 44.0 Å². The minimum absolute atomic E-state index is 0.0638. The number of nitriles is 1. The monoisotopic (exact) mass is 654 g/mol. The van der Waals surface area contributed by atoms with Gasteiger partial charge in [0.2, 0.25) is 5.91 Å². The first-order chi connectivity index (χ1) is 23.1. The molecule has 246 valence electrons. The van der Waals surface area contributed by atoms with Gasteiger partial charge >= 0.3 is 6.18 Å². The summed E-state index contributed by atoms with van der Waals surface area (Å²) >= 11 is 0. The van der Waals surface area contributed by atoms with Gasteiger partial charge in [-0.15, -0.1) is 0 Å². The van der Waals surface area contributed by atoms with Crippen LogP contribution >= 0.6 is 0 Å². The maximum atomic E-state index is 14.3. The van der Waals surface area contributed by atoms with E-state index in [1.807, 2.05) is 6.07 Å². The Morgan fingerprint density at radius 2 is 1.92 bits per heavy atom. The molecule has 0 saturated heterocycles. The van der Waals surface area contributed by atoms with E-state index in [4.69, 9.17) is 4.74 Å². The molecule has 1 fully saturated rings. The second-order valence-corrected chi connectivity index (χ2v) is 11.9. The molecule has 6 rings (SSSR count). The SMILES string of the molecule is COC1CCC(NC/C=C/C(=O)Nc2ccc(C(=O)c3c[nH]c4c(-c5cc6ncn(C)c6cc5C(F)(F)F)cccc34)cc2C#N)CC1. The van der Waals surface area contributed by atoms with Crippen molar-refractivity contribution in [3.05, 3.63) is 95.5 Å². The van der Waals surface area contributed by atoms with Crippen molar-refractivity contribution < 1.29 is 27.5 Å². The number of halogens is 3. The number of carbonyl (C=O) groups excluding carboxylic acids is 2. The highest BCUT2D eigenvalue weighted by molar-refractivity contribution is 6.18. The molecule has 3 N–H and O–H groups in total. The molecular formula is C36H33F3N6O3. The first-order valence-corrected chi connectivity index (χ1v) is 15.5. The predicted octanol–water partition coefficient (Wildman–Crippen LogP) is 6.88. The van der Waals surface area contributed by atoms with E-state index in [0.29, 0.717) is 40.6 Å². The summed E-state index contributed by atoms with van der Waals surface area (Å²) in [4.78, 5) is 33.5. The number of nitrogens with zero attached hydrogens (tertiary/aromatic N) is 3. The molecule has 0 spiro atoms. The van der Waals surface area contributed by atoms with Gasteiger partial charge in [-0.3, -0.25) is 9.59 Å². The largest absolute Gasteiger partial charge is 0.417 e. The number of benzene rings is 3. The normalized spacial score (nSPS) is 16.8. The minimum atomic E-state index is -4.64. The van der Waals surface area contributed by atoms with Crippen LogP contribution in [0.15, 0.2) is 73.2 Å². The highest BCUT2D eigenvalue weighted by atomic mass is 19.4. The predicted molar refractivity (Wildman–Crippen MR) is 176 cm³/mol. The standard InChI is InChI=1S/C36H33F3N6O3/c1-45-20-43-31-16-27(29(17-32(31)45)36(37,38)39)25-5-3-6-26-28(19-42-34(25)26)35(47)21-8-13-30(22(15-21)18-40)44-33(46)7-4-14-41-23-9-11-24(48-2)12-10-23/h3-8,13,15-17,19-20,23-24,41-42H,9-12,14H2,1-2H3,(H,44,46)/b7-4+. The Balaban J connectivity index is 1.20. The molecule has 3 aromatic carbocycles. The third-order valence-corrected chi connectivity index (χ3v) is 8.88. The average molecular weight is 655 g/mol. The highest BCUT2D eigenvalue weighted by Gasteiger charge is 2.35. The maximum Gasteiger partial charge on any atom is 0.417 e. The zero-order valence-electron chi connectivity index (χ0n) is 26.3. The van der Waals surface area contributed by atoms with Gasteiger partial charge in [0.05, 0.1) is 45.8 Å². The number of carbonyl (C=O) groups is 2. The summed E-state index contributed by atoms with van der Waals surface area (Å²) in [6, 6.07) is 14.1. The number of imidazole rings is 1. The van der Waals surface area contributed by atoms with Crippen LogP contribution in [0.5, 0.6) is 0 Å². The molecule has 2 aromatic heterocycles. The molecule has 0 atom stereocenters. The van der Waals surface area contributed by atoms with Crippen molar-refractivity contribution in [2.75, 3.05) is 19.0 Å². The fourth-order valence-electron chi connectivity index (χ4n) is 6.32. The van der Waals surface area contributed by atoms with Crippen LogP contribution in [0.25, 0.3) is 33.1 Å². The number of anilines is 1. The summed E-state index contributed by atoms with van der Waals surface area (Å²) in [5.41, 5.74) is 1.25. The first-order valence-electron chi connectivity index (χ1n) is 15.5. The molecule has 1 aliphatic carbocycles. The van der Waals surface area contributed by atoms with Crippen molar-refractivity contribution in [1.82, 2.24) is 19.9 Å². The lowest BCUT2D eigenvalue weighted by Crippen LogP contribution is -2.35. The number of ether oxygens (including phenoxy) is 1. The van der Waals surface area contributed by atoms with Crippen LogP contribution in [0.2, 0.25) is 0 Å². The topological polar surface area (TPSA) is 125 Å². The van der Waals surface area contributed by atoms with Gasteiger partial charge in [0.25, 0.3) is 0 Å². The van der Waals surface area contributed by atoms with Gasteiger partial charge in [-0.25, -0.2) is 4.98 Å². The van der Waals surface area contributed by atoms with Crippen LogP contribution in [-0.4, -0.2) is 52.0 Å². The van der Waals surface area contributed by atoms with E-state index in [0.717, 1.165) is 31.7 Å². The Labute approximate surface area is 274 Å². The number of hydrogen-bond acceptors (Lipinski definition) is 6. The van der Waals surface area contributed by atoms with E-state index in [9.17, 15) is 28.0 Å². The quantitative estimate of drug-likeness (QED) is 0.118. The molecular weight excluding hydrogens is 621 g/mol. The molecule has 1 amide bonds. The van der Waals surface area contributed by atoms with Gasteiger partial charge in [0, 0.05) is 61.1 Å². The molecule has 12 heteroatoms. The summed E-state index contributed by atoms with van der Waals surface area (Å²) in [6.45, 7) is 0.524. The fraction of sp³-hybridized carbons (Fsp3) is 0.278. The zero-order valence-corrected chi connectivity index (χ0v) is 26.3. The molecule has 0 unspecified atom stereocenters.